The van der Waals surface area contributed by atoms with Crippen LogP contribution in [0, 0.1) is 0 Å². The fraction of sp³-hybridized carbons (Fsp3) is 1.00. The Labute approximate surface area is 93.2 Å². The van der Waals surface area contributed by atoms with Gasteiger partial charge in [0.1, 0.15) is 0 Å². The summed E-state index contributed by atoms with van der Waals surface area (Å²) in [5, 5.41) is 12.8. The first-order chi connectivity index (χ1) is 6.91. The van der Waals surface area contributed by atoms with Gasteiger partial charge in [0.2, 0.25) is 0 Å². The summed E-state index contributed by atoms with van der Waals surface area (Å²) in [6.45, 7) is 9.45. The van der Waals surface area contributed by atoms with Crippen LogP contribution in [-0.4, -0.2) is 35.5 Å². The number of aliphatic hydroxyl groups excluding tert-OH is 1. The Morgan fingerprint density at radius 1 is 1.47 bits per heavy atom. The van der Waals surface area contributed by atoms with E-state index in [1.807, 2.05) is 0 Å². The van der Waals surface area contributed by atoms with Gasteiger partial charge in [0, 0.05) is 5.54 Å². The van der Waals surface area contributed by atoms with Crippen molar-refractivity contribution in [1.29, 1.82) is 0 Å². The maximum atomic E-state index is 9.45. The lowest BCUT2D eigenvalue weighted by atomic mass is 9.99. The third-order valence-electron chi connectivity index (χ3n) is 2.94. The van der Waals surface area contributed by atoms with Crippen LogP contribution in [0.4, 0.5) is 0 Å². The van der Waals surface area contributed by atoms with Gasteiger partial charge in [-0.15, -0.1) is 0 Å². The van der Waals surface area contributed by atoms with Gasteiger partial charge >= 0.3 is 0 Å². The summed E-state index contributed by atoms with van der Waals surface area (Å²) >= 11 is 0. The van der Waals surface area contributed by atoms with Crippen molar-refractivity contribution >= 4 is 0 Å². The third kappa shape index (κ3) is 3.74. The van der Waals surface area contributed by atoms with Crippen molar-refractivity contribution in [1.82, 2.24) is 5.32 Å². The highest BCUT2D eigenvalue weighted by molar-refractivity contribution is 4.96. The van der Waals surface area contributed by atoms with Crippen LogP contribution in [0.5, 0.6) is 0 Å². The first-order valence-electron chi connectivity index (χ1n) is 5.94. The third-order valence-corrected chi connectivity index (χ3v) is 2.94. The molecule has 1 rings (SSSR count). The highest BCUT2D eigenvalue weighted by atomic mass is 16.5. The fourth-order valence-electron chi connectivity index (χ4n) is 2.41. The lowest BCUT2D eigenvalue weighted by Crippen LogP contribution is -2.47. The number of likely N-dealkylation sites (N-methyl/N-ethyl adjacent to an activating group) is 1. The Morgan fingerprint density at radius 2 is 2.13 bits per heavy atom. The minimum atomic E-state index is -0.0926. The molecule has 1 saturated carbocycles. The number of ether oxygens (including phenoxy) is 1. The summed E-state index contributed by atoms with van der Waals surface area (Å²) in [5.74, 6) is 0. The molecule has 2 N–H and O–H groups in total. The minimum absolute atomic E-state index is 0.0809. The second-order valence-corrected chi connectivity index (χ2v) is 5.56. The number of hydrogen-bond acceptors (Lipinski definition) is 3. The number of hydrogen-bond donors (Lipinski definition) is 2. The van der Waals surface area contributed by atoms with Gasteiger partial charge < -0.3 is 15.2 Å². The molecular weight excluding hydrogens is 190 g/mol. The Bertz CT molecular complexity index is 200. The normalized spacial score (nSPS) is 32.2. The standard InChI is InChI=1S/C12H25NO2/c1-5-13-12(9-14)7-6-10(8-12)15-11(2,3)4/h10,13-14H,5-9H2,1-4H3. The zero-order valence-corrected chi connectivity index (χ0v) is 10.5. The molecule has 1 fully saturated rings. The van der Waals surface area contributed by atoms with Crippen molar-refractivity contribution in [2.24, 2.45) is 0 Å². The molecule has 1 aliphatic carbocycles. The summed E-state index contributed by atoms with van der Waals surface area (Å²) in [6, 6.07) is 0. The molecule has 0 aromatic rings. The largest absolute Gasteiger partial charge is 0.394 e. The van der Waals surface area contributed by atoms with Crippen molar-refractivity contribution in [2.45, 2.75) is 64.2 Å². The van der Waals surface area contributed by atoms with Crippen LogP contribution in [-0.2, 0) is 4.74 Å². The van der Waals surface area contributed by atoms with Crippen molar-refractivity contribution in [3.63, 3.8) is 0 Å². The Hall–Kier alpha value is -0.120. The number of nitrogens with one attached hydrogen (secondary N) is 1. The molecule has 0 aromatic carbocycles. The van der Waals surface area contributed by atoms with E-state index < -0.39 is 0 Å². The molecule has 0 aliphatic heterocycles. The Balaban J connectivity index is 2.49. The molecule has 0 bridgehead atoms. The molecule has 0 spiro atoms. The molecule has 15 heavy (non-hydrogen) atoms. The average Bonchev–Trinajstić information content (AvgIpc) is 2.47. The summed E-state index contributed by atoms with van der Waals surface area (Å²) < 4.78 is 5.95. The van der Waals surface area contributed by atoms with Crippen LogP contribution in [0.15, 0.2) is 0 Å². The summed E-state index contributed by atoms with van der Waals surface area (Å²) in [4.78, 5) is 0. The van der Waals surface area contributed by atoms with Crippen LogP contribution in [0.2, 0.25) is 0 Å². The van der Waals surface area contributed by atoms with Crippen molar-refractivity contribution in [2.75, 3.05) is 13.2 Å². The van der Waals surface area contributed by atoms with Crippen molar-refractivity contribution in [3.8, 4) is 0 Å². The van der Waals surface area contributed by atoms with E-state index in [0.29, 0.717) is 0 Å². The first kappa shape index (κ1) is 12.9. The van der Waals surface area contributed by atoms with E-state index in [1.54, 1.807) is 0 Å². The number of rotatable bonds is 4. The van der Waals surface area contributed by atoms with E-state index >= 15 is 0 Å². The Kier molecular flexibility index (Phi) is 4.15. The predicted octanol–water partition coefficient (Wildman–Crippen LogP) is 1.69. The van der Waals surface area contributed by atoms with E-state index in [9.17, 15) is 5.11 Å². The Morgan fingerprint density at radius 3 is 2.60 bits per heavy atom. The van der Waals surface area contributed by atoms with E-state index in [-0.39, 0.29) is 23.9 Å². The maximum Gasteiger partial charge on any atom is 0.0614 e. The first-order valence-corrected chi connectivity index (χ1v) is 5.94. The molecule has 0 saturated heterocycles. The van der Waals surface area contributed by atoms with Crippen LogP contribution < -0.4 is 5.32 Å². The fourth-order valence-corrected chi connectivity index (χ4v) is 2.41. The van der Waals surface area contributed by atoms with Gasteiger partial charge in [0.25, 0.3) is 0 Å². The van der Waals surface area contributed by atoms with Crippen LogP contribution in [0.25, 0.3) is 0 Å². The SMILES string of the molecule is CCNC1(CO)CCC(OC(C)(C)C)C1. The summed E-state index contributed by atoms with van der Waals surface area (Å²) in [5.41, 5.74) is -0.174. The molecule has 0 heterocycles. The van der Waals surface area contributed by atoms with E-state index in [4.69, 9.17) is 4.74 Å². The molecule has 0 amide bonds. The molecule has 0 aromatic heterocycles. The quantitative estimate of drug-likeness (QED) is 0.750. The second-order valence-electron chi connectivity index (χ2n) is 5.56. The van der Waals surface area contributed by atoms with Gasteiger partial charge in [-0.3, -0.25) is 0 Å². The van der Waals surface area contributed by atoms with Gasteiger partial charge in [-0.25, -0.2) is 0 Å². The molecule has 0 radical (unpaired) electrons. The lowest BCUT2D eigenvalue weighted by Gasteiger charge is -2.29. The second kappa shape index (κ2) is 4.81. The van der Waals surface area contributed by atoms with Gasteiger partial charge in [-0.2, -0.15) is 0 Å². The highest BCUT2D eigenvalue weighted by Gasteiger charge is 2.39. The minimum Gasteiger partial charge on any atom is -0.394 e. The zero-order valence-electron chi connectivity index (χ0n) is 10.5. The van der Waals surface area contributed by atoms with Crippen LogP contribution in [0.3, 0.4) is 0 Å². The lowest BCUT2D eigenvalue weighted by molar-refractivity contribution is -0.0600. The highest BCUT2D eigenvalue weighted by Crippen LogP contribution is 2.33. The molecular formula is C12H25NO2. The van der Waals surface area contributed by atoms with Gasteiger partial charge in [-0.1, -0.05) is 6.92 Å². The van der Waals surface area contributed by atoms with E-state index in [2.05, 4.69) is 33.0 Å². The van der Waals surface area contributed by atoms with Gasteiger partial charge in [0.05, 0.1) is 18.3 Å². The van der Waals surface area contributed by atoms with E-state index in [1.165, 1.54) is 0 Å². The maximum absolute atomic E-state index is 9.45. The molecule has 2 unspecified atom stereocenters. The molecule has 3 nitrogen and oxygen atoms in total. The van der Waals surface area contributed by atoms with Gasteiger partial charge in [-0.05, 0) is 46.6 Å². The molecule has 2 atom stereocenters. The van der Waals surface area contributed by atoms with Crippen molar-refractivity contribution < 1.29 is 9.84 Å². The topological polar surface area (TPSA) is 41.5 Å². The zero-order chi connectivity index (χ0) is 11.5. The van der Waals surface area contributed by atoms with Crippen LogP contribution in [0.1, 0.15) is 47.0 Å². The smallest absolute Gasteiger partial charge is 0.0614 e. The van der Waals surface area contributed by atoms with Crippen molar-refractivity contribution in [3.05, 3.63) is 0 Å². The van der Waals surface area contributed by atoms with Crippen LogP contribution >= 0.6 is 0 Å². The predicted molar refractivity (Wildman–Crippen MR) is 62.0 cm³/mol. The summed E-state index contributed by atoms with van der Waals surface area (Å²) in [7, 11) is 0. The number of aliphatic hydroxyl groups is 1. The summed E-state index contributed by atoms with van der Waals surface area (Å²) in [6.07, 6.45) is 3.27. The molecule has 90 valence electrons. The average molecular weight is 215 g/mol. The van der Waals surface area contributed by atoms with Gasteiger partial charge in [0.15, 0.2) is 0 Å². The monoisotopic (exact) mass is 215 g/mol. The van der Waals surface area contributed by atoms with E-state index in [0.717, 1.165) is 25.8 Å². The molecule has 3 heteroatoms. The molecule has 1 aliphatic rings.